The molecule has 3 N–H and O–H groups in total. The number of nitrogens with two attached hydrogens (primary N) is 1. The van der Waals surface area contributed by atoms with E-state index in [4.69, 9.17) is 10.3 Å². The van der Waals surface area contributed by atoms with Gasteiger partial charge in [-0.05, 0) is 24.3 Å². The highest BCUT2D eigenvalue weighted by Crippen LogP contribution is 2.22. The van der Waals surface area contributed by atoms with E-state index in [2.05, 4.69) is 12.0 Å². The van der Waals surface area contributed by atoms with Crippen molar-refractivity contribution in [2.24, 2.45) is 5.84 Å². The molecule has 0 atom stereocenters. The first-order valence-electron chi connectivity index (χ1n) is 3.96. The molecule has 13 heavy (non-hydrogen) atoms. The smallest absolute Gasteiger partial charge is 0.136 e. The molecule has 0 unspecified atom stereocenters. The van der Waals surface area contributed by atoms with E-state index in [-0.39, 0.29) is 0 Å². The average molecular weight is 174 g/mol. The molecule has 1 aromatic carbocycles. The van der Waals surface area contributed by atoms with E-state index in [0.717, 1.165) is 22.4 Å². The summed E-state index contributed by atoms with van der Waals surface area (Å²) < 4.78 is 5.45. The van der Waals surface area contributed by atoms with E-state index in [1.165, 1.54) is 0 Å². The van der Waals surface area contributed by atoms with E-state index >= 15 is 0 Å². The quantitative estimate of drug-likeness (QED) is 0.542. The molecule has 3 nitrogen and oxygen atoms in total. The zero-order valence-corrected chi connectivity index (χ0v) is 7.08. The number of furan rings is 1. The normalized spacial score (nSPS) is 10.2. The van der Waals surface area contributed by atoms with Crippen LogP contribution in [0.15, 0.2) is 35.3 Å². The zero-order chi connectivity index (χ0) is 9.26. The second kappa shape index (κ2) is 2.95. The van der Waals surface area contributed by atoms with Crippen LogP contribution in [0.25, 0.3) is 17.0 Å². The lowest BCUT2D eigenvalue weighted by molar-refractivity contribution is 0.604. The van der Waals surface area contributed by atoms with Crippen molar-refractivity contribution in [1.82, 2.24) is 0 Å². The molecule has 0 bridgehead atoms. The number of hydrogen-bond donors (Lipinski definition) is 2. The van der Waals surface area contributed by atoms with Gasteiger partial charge in [-0.15, -0.1) is 0 Å². The maximum atomic E-state index is 5.45. The van der Waals surface area contributed by atoms with Crippen molar-refractivity contribution in [3.8, 4) is 0 Å². The lowest BCUT2D eigenvalue weighted by atomic mass is 10.2. The summed E-state index contributed by atoms with van der Waals surface area (Å²) in [5.74, 6) is 6.04. The highest BCUT2D eigenvalue weighted by atomic mass is 16.3. The van der Waals surface area contributed by atoms with E-state index < -0.39 is 0 Å². The topological polar surface area (TPSA) is 51.2 Å². The van der Waals surface area contributed by atoms with Gasteiger partial charge in [0.05, 0.1) is 5.69 Å². The first kappa shape index (κ1) is 7.89. The lowest BCUT2D eigenvalue weighted by Gasteiger charge is -1.96. The first-order valence-corrected chi connectivity index (χ1v) is 3.96. The summed E-state index contributed by atoms with van der Waals surface area (Å²) in [4.78, 5) is 0. The molecule has 0 aliphatic carbocycles. The Labute approximate surface area is 75.8 Å². The molecule has 3 heteroatoms. The molecule has 0 aliphatic heterocycles. The molecule has 0 aliphatic rings. The van der Waals surface area contributed by atoms with Crippen molar-refractivity contribution in [1.29, 1.82) is 0 Å². The van der Waals surface area contributed by atoms with Crippen LogP contribution in [0.1, 0.15) is 5.76 Å². The molecule has 1 aromatic heterocycles. The molecule has 0 amide bonds. The molecule has 1 heterocycles. The molecular weight excluding hydrogens is 164 g/mol. The van der Waals surface area contributed by atoms with Crippen LogP contribution in [0, 0.1) is 0 Å². The summed E-state index contributed by atoms with van der Waals surface area (Å²) in [6.07, 6.45) is 1.68. The van der Waals surface area contributed by atoms with Crippen LogP contribution in [0.2, 0.25) is 0 Å². The predicted octanol–water partition coefficient (Wildman–Crippen LogP) is 2.36. The largest absolute Gasteiger partial charge is 0.457 e. The second-order valence-electron chi connectivity index (χ2n) is 2.75. The molecule has 0 fully saturated rings. The van der Waals surface area contributed by atoms with E-state index in [1.54, 1.807) is 6.08 Å². The summed E-state index contributed by atoms with van der Waals surface area (Å²) in [5.41, 5.74) is 4.20. The van der Waals surface area contributed by atoms with Crippen molar-refractivity contribution in [2.45, 2.75) is 0 Å². The minimum absolute atomic E-state index is 0.768. The van der Waals surface area contributed by atoms with Crippen LogP contribution >= 0.6 is 0 Å². The number of hydrazine groups is 1. The summed E-state index contributed by atoms with van der Waals surface area (Å²) in [5, 5.41) is 1.05. The van der Waals surface area contributed by atoms with Gasteiger partial charge in [-0.1, -0.05) is 6.58 Å². The van der Waals surface area contributed by atoms with E-state index in [0.29, 0.717) is 0 Å². The van der Waals surface area contributed by atoms with Gasteiger partial charge in [-0.2, -0.15) is 0 Å². The highest BCUT2D eigenvalue weighted by molar-refractivity contribution is 5.82. The molecular formula is C10H10N2O. The number of nitrogen functional groups attached to an aromatic ring is 1. The van der Waals surface area contributed by atoms with Crippen LogP contribution in [0.4, 0.5) is 5.69 Å². The summed E-state index contributed by atoms with van der Waals surface area (Å²) in [6.45, 7) is 3.63. The Hall–Kier alpha value is -1.74. The summed E-state index contributed by atoms with van der Waals surface area (Å²) >= 11 is 0. The second-order valence-corrected chi connectivity index (χ2v) is 2.75. The lowest BCUT2D eigenvalue weighted by Crippen LogP contribution is -2.05. The Kier molecular flexibility index (Phi) is 1.79. The van der Waals surface area contributed by atoms with Gasteiger partial charge in [-0.3, -0.25) is 5.84 Å². The van der Waals surface area contributed by atoms with Crippen molar-refractivity contribution in [3.63, 3.8) is 0 Å². The fraction of sp³-hybridized carbons (Fsp3) is 0. The van der Waals surface area contributed by atoms with E-state index in [1.807, 2.05) is 24.3 Å². The summed E-state index contributed by atoms with van der Waals surface area (Å²) in [6, 6.07) is 7.62. The Morgan fingerprint density at radius 2 is 2.23 bits per heavy atom. The van der Waals surface area contributed by atoms with Gasteiger partial charge in [0.2, 0.25) is 0 Å². The zero-order valence-electron chi connectivity index (χ0n) is 7.08. The van der Waals surface area contributed by atoms with Gasteiger partial charge in [0.1, 0.15) is 11.3 Å². The maximum Gasteiger partial charge on any atom is 0.136 e. The third-order valence-corrected chi connectivity index (χ3v) is 1.91. The number of fused-ring (bicyclic) bond motifs is 1. The molecule has 0 saturated carbocycles. The van der Waals surface area contributed by atoms with Gasteiger partial charge in [0, 0.05) is 11.5 Å². The molecule has 0 radical (unpaired) electrons. The number of rotatable bonds is 2. The van der Waals surface area contributed by atoms with E-state index in [9.17, 15) is 0 Å². The minimum Gasteiger partial charge on any atom is -0.457 e. The highest BCUT2D eigenvalue weighted by Gasteiger charge is 2.00. The number of nitrogens with one attached hydrogen (secondary N) is 1. The third-order valence-electron chi connectivity index (χ3n) is 1.91. The van der Waals surface area contributed by atoms with Crippen LogP contribution in [-0.4, -0.2) is 0 Å². The minimum atomic E-state index is 0.768. The average Bonchev–Trinajstić information content (AvgIpc) is 2.58. The van der Waals surface area contributed by atoms with Crippen LogP contribution in [0.3, 0.4) is 0 Å². The van der Waals surface area contributed by atoms with Gasteiger partial charge < -0.3 is 9.84 Å². The number of hydrogen-bond acceptors (Lipinski definition) is 3. The first-order chi connectivity index (χ1) is 6.33. The molecule has 2 rings (SSSR count). The van der Waals surface area contributed by atoms with Gasteiger partial charge in [-0.25, -0.2) is 0 Å². The Balaban J connectivity index is 2.63. The monoisotopic (exact) mass is 174 g/mol. The summed E-state index contributed by atoms with van der Waals surface area (Å²) in [7, 11) is 0. The maximum absolute atomic E-state index is 5.45. The standard InChI is InChI=1S/C10H10N2O/c1-2-9-5-7-3-4-8(12-11)6-10(7)13-9/h2-6,12H,1,11H2. The van der Waals surface area contributed by atoms with Crippen LogP contribution in [0.5, 0.6) is 0 Å². The van der Waals surface area contributed by atoms with Crippen LogP contribution in [-0.2, 0) is 0 Å². The Bertz CT molecular complexity index is 445. The Morgan fingerprint density at radius 1 is 1.38 bits per heavy atom. The van der Waals surface area contributed by atoms with Gasteiger partial charge in [0.15, 0.2) is 0 Å². The van der Waals surface area contributed by atoms with Crippen molar-refractivity contribution < 1.29 is 4.42 Å². The molecule has 2 aromatic rings. The Morgan fingerprint density at radius 3 is 2.92 bits per heavy atom. The number of benzene rings is 1. The van der Waals surface area contributed by atoms with Gasteiger partial charge >= 0.3 is 0 Å². The molecule has 0 saturated heterocycles. The molecule has 66 valence electrons. The number of anilines is 1. The fourth-order valence-electron chi connectivity index (χ4n) is 1.24. The fourth-order valence-corrected chi connectivity index (χ4v) is 1.24. The van der Waals surface area contributed by atoms with Gasteiger partial charge in [0.25, 0.3) is 0 Å². The predicted molar refractivity (Wildman–Crippen MR) is 54.1 cm³/mol. The van der Waals surface area contributed by atoms with Crippen molar-refractivity contribution in [3.05, 3.63) is 36.6 Å². The van der Waals surface area contributed by atoms with Crippen molar-refractivity contribution in [2.75, 3.05) is 5.43 Å². The van der Waals surface area contributed by atoms with Crippen LogP contribution < -0.4 is 11.3 Å². The molecule has 0 spiro atoms. The SMILES string of the molecule is C=Cc1cc2ccc(NN)cc2o1. The van der Waals surface area contributed by atoms with Crippen molar-refractivity contribution >= 4 is 22.7 Å². The third kappa shape index (κ3) is 1.29.